The molecule has 29 heavy (non-hydrogen) atoms. The normalized spacial score (nSPS) is 15.7. The lowest BCUT2D eigenvalue weighted by atomic mass is 10.1. The fraction of sp³-hybridized carbons (Fsp3) is 0.200. The van der Waals surface area contributed by atoms with Crippen LogP contribution in [0, 0.1) is 0 Å². The van der Waals surface area contributed by atoms with Gasteiger partial charge < -0.3 is 14.2 Å². The highest BCUT2D eigenvalue weighted by molar-refractivity contribution is 6.53. The monoisotopic (exact) mass is 396 g/mol. The number of rotatable bonds is 5. The number of hydrogen-bond acceptors (Lipinski definition) is 7. The third kappa shape index (κ3) is 3.27. The Morgan fingerprint density at radius 3 is 2.34 bits per heavy atom. The van der Waals surface area contributed by atoms with Gasteiger partial charge in [0.05, 0.1) is 19.3 Å². The zero-order chi connectivity index (χ0) is 20.5. The number of benzene rings is 2. The fourth-order valence-electron chi connectivity index (χ4n) is 3.06. The number of Topliss-reactive ketones (excluding diaryl/α,β-unsaturated/α-hetero) is 1. The average Bonchev–Trinajstić information content (AvgIpc) is 2.96. The number of amides is 4. The lowest BCUT2D eigenvalue weighted by Gasteiger charge is -2.19. The summed E-state index contributed by atoms with van der Waals surface area (Å²) in [5, 5.41) is 0. The second kappa shape index (κ2) is 7.27. The minimum absolute atomic E-state index is 0.212. The van der Waals surface area contributed by atoms with Crippen molar-refractivity contribution in [1.82, 2.24) is 4.90 Å². The molecule has 2 aliphatic heterocycles. The van der Waals surface area contributed by atoms with Gasteiger partial charge in [0.15, 0.2) is 17.3 Å². The van der Waals surface area contributed by atoms with Crippen LogP contribution in [-0.2, 0) is 9.59 Å². The second-order valence-electron chi connectivity index (χ2n) is 6.29. The van der Waals surface area contributed by atoms with Gasteiger partial charge in [-0.3, -0.25) is 14.4 Å². The number of anilines is 1. The Bertz CT molecular complexity index is 1020. The van der Waals surface area contributed by atoms with Crippen molar-refractivity contribution in [1.29, 1.82) is 0 Å². The number of fused-ring (bicyclic) bond motifs is 1. The van der Waals surface area contributed by atoms with Gasteiger partial charge in [0.2, 0.25) is 0 Å². The lowest BCUT2D eigenvalue weighted by Crippen LogP contribution is -2.37. The molecule has 0 aromatic heterocycles. The van der Waals surface area contributed by atoms with Crippen LogP contribution in [0.5, 0.6) is 17.2 Å². The SMILES string of the molecule is COc1ccc(N2C(=O)C(=O)N(CC(=O)c3ccc4c(c3)OCCO4)C2=O)cc1. The largest absolute Gasteiger partial charge is 0.497 e. The maximum atomic E-state index is 12.7. The molecule has 9 nitrogen and oxygen atoms in total. The lowest BCUT2D eigenvalue weighted by molar-refractivity contribution is -0.139. The molecule has 4 rings (SSSR count). The van der Waals surface area contributed by atoms with Gasteiger partial charge >= 0.3 is 17.8 Å². The van der Waals surface area contributed by atoms with Crippen LogP contribution < -0.4 is 19.1 Å². The molecular weight excluding hydrogens is 380 g/mol. The molecule has 0 N–H and O–H groups in total. The highest BCUT2D eigenvalue weighted by Crippen LogP contribution is 2.31. The highest BCUT2D eigenvalue weighted by atomic mass is 16.6. The molecule has 0 aliphatic carbocycles. The third-order valence-electron chi connectivity index (χ3n) is 4.55. The maximum Gasteiger partial charge on any atom is 0.339 e. The van der Waals surface area contributed by atoms with E-state index in [4.69, 9.17) is 14.2 Å². The van der Waals surface area contributed by atoms with Gasteiger partial charge in [-0.2, -0.15) is 0 Å². The van der Waals surface area contributed by atoms with Crippen molar-refractivity contribution in [3.8, 4) is 17.2 Å². The number of hydrogen-bond donors (Lipinski definition) is 0. The van der Waals surface area contributed by atoms with Crippen molar-refractivity contribution >= 4 is 29.3 Å². The molecule has 0 spiro atoms. The van der Waals surface area contributed by atoms with E-state index in [1.165, 1.54) is 31.4 Å². The van der Waals surface area contributed by atoms with E-state index in [0.29, 0.717) is 35.4 Å². The molecule has 2 aromatic carbocycles. The first-order chi connectivity index (χ1) is 14.0. The van der Waals surface area contributed by atoms with E-state index in [0.717, 1.165) is 4.90 Å². The summed E-state index contributed by atoms with van der Waals surface area (Å²) in [7, 11) is 1.48. The minimum atomic E-state index is -1.06. The van der Waals surface area contributed by atoms with Crippen molar-refractivity contribution in [2.24, 2.45) is 0 Å². The Kier molecular flexibility index (Phi) is 4.63. The zero-order valence-electron chi connectivity index (χ0n) is 15.4. The van der Waals surface area contributed by atoms with E-state index in [1.54, 1.807) is 18.2 Å². The molecular formula is C20H16N2O7. The number of ether oxygens (including phenoxy) is 3. The molecule has 1 fully saturated rings. The average molecular weight is 396 g/mol. The molecule has 0 saturated carbocycles. The first-order valence-electron chi connectivity index (χ1n) is 8.76. The molecule has 0 unspecified atom stereocenters. The van der Waals surface area contributed by atoms with Crippen LogP contribution >= 0.6 is 0 Å². The van der Waals surface area contributed by atoms with Gasteiger partial charge in [-0.05, 0) is 42.5 Å². The number of urea groups is 1. The molecule has 2 aromatic rings. The molecule has 0 bridgehead atoms. The predicted octanol–water partition coefficient (Wildman–Crippen LogP) is 1.64. The van der Waals surface area contributed by atoms with Crippen LogP contribution in [-0.4, -0.2) is 55.4 Å². The topological polar surface area (TPSA) is 102 Å². The van der Waals surface area contributed by atoms with Crippen LogP contribution in [0.2, 0.25) is 0 Å². The quantitative estimate of drug-likeness (QED) is 0.430. The van der Waals surface area contributed by atoms with Gasteiger partial charge in [0.25, 0.3) is 0 Å². The summed E-state index contributed by atoms with van der Waals surface area (Å²) >= 11 is 0. The molecule has 2 aliphatic rings. The van der Waals surface area contributed by atoms with Crippen molar-refractivity contribution in [3.05, 3.63) is 48.0 Å². The van der Waals surface area contributed by atoms with Gasteiger partial charge in [-0.25, -0.2) is 14.6 Å². The van der Waals surface area contributed by atoms with Crippen LogP contribution in [0.4, 0.5) is 10.5 Å². The Morgan fingerprint density at radius 2 is 1.66 bits per heavy atom. The van der Waals surface area contributed by atoms with Gasteiger partial charge in [0, 0.05) is 5.56 Å². The number of carbonyl (C=O) groups is 4. The number of ketones is 1. The first-order valence-corrected chi connectivity index (χ1v) is 8.76. The van der Waals surface area contributed by atoms with E-state index in [1.807, 2.05) is 0 Å². The summed E-state index contributed by atoms with van der Waals surface area (Å²) < 4.78 is 15.9. The zero-order valence-corrected chi connectivity index (χ0v) is 15.4. The Labute approximate surface area is 165 Å². The first kappa shape index (κ1) is 18.5. The summed E-state index contributed by atoms with van der Waals surface area (Å²) in [6, 6.07) is 9.80. The van der Waals surface area contributed by atoms with Crippen molar-refractivity contribution in [2.45, 2.75) is 0 Å². The van der Waals surface area contributed by atoms with Crippen LogP contribution in [0.15, 0.2) is 42.5 Å². The number of carbonyl (C=O) groups excluding carboxylic acids is 4. The number of nitrogens with zero attached hydrogens (tertiary/aromatic N) is 2. The molecule has 0 atom stereocenters. The van der Waals surface area contributed by atoms with Crippen molar-refractivity contribution < 1.29 is 33.4 Å². The standard InChI is InChI=1S/C20H16N2O7/c1-27-14-5-3-13(4-6-14)22-19(25)18(24)21(20(22)26)11-15(23)12-2-7-16-17(10-12)29-9-8-28-16/h2-7,10H,8-9,11H2,1H3. The molecule has 9 heteroatoms. The minimum Gasteiger partial charge on any atom is -0.497 e. The Morgan fingerprint density at radius 1 is 0.966 bits per heavy atom. The molecule has 2 heterocycles. The van der Waals surface area contributed by atoms with Crippen LogP contribution in [0.1, 0.15) is 10.4 Å². The predicted molar refractivity (Wildman–Crippen MR) is 99.4 cm³/mol. The van der Waals surface area contributed by atoms with E-state index in [9.17, 15) is 19.2 Å². The maximum absolute atomic E-state index is 12.7. The summed E-state index contributed by atoms with van der Waals surface area (Å²) in [6.07, 6.45) is 0. The smallest absolute Gasteiger partial charge is 0.339 e. The van der Waals surface area contributed by atoms with E-state index in [-0.39, 0.29) is 11.3 Å². The summed E-state index contributed by atoms with van der Waals surface area (Å²) in [5.41, 5.74) is 0.452. The number of imide groups is 2. The summed E-state index contributed by atoms with van der Waals surface area (Å²) in [5.74, 6) is -1.12. The van der Waals surface area contributed by atoms with Gasteiger partial charge in [-0.1, -0.05) is 0 Å². The fourth-order valence-corrected chi connectivity index (χ4v) is 3.06. The van der Waals surface area contributed by atoms with Crippen LogP contribution in [0.25, 0.3) is 0 Å². The summed E-state index contributed by atoms with van der Waals surface area (Å²) in [4.78, 5) is 51.3. The molecule has 4 amide bonds. The van der Waals surface area contributed by atoms with Crippen molar-refractivity contribution in [3.63, 3.8) is 0 Å². The molecule has 148 valence electrons. The summed E-state index contributed by atoms with van der Waals surface area (Å²) in [6.45, 7) is 0.217. The second-order valence-corrected chi connectivity index (χ2v) is 6.29. The van der Waals surface area contributed by atoms with Gasteiger partial charge in [0.1, 0.15) is 19.0 Å². The Hall–Kier alpha value is -3.88. The Balaban J connectivity index is 1.54. The van der Waals surface area contributed by atoms with Gasteiger partial charge in [-0.15, -0.1) is 0 Å². The van der Waals surface area contributed by atoms with E-state index in [2.05, 4.69) is 0 Å². The van der Waals surface area contributed by atoms with E-state index >= 15 is 0 Å². The molecule has 1 saturated heterocycles. The molecule has 0 radical (unpaired) electrons. The van der Waals surface area contributed by atoms with Crippen molar-refractivity contribution in [2.75, 3.05) is 31.8 Å². The van der Waals surface area contributed by atoms with Crippen LogP contribution in [0.3, 0.4) is 0 Å². The highest BCUT2D eigenvalue weighted by Gasteiger charge is 2.46. The third-order valence-corrected chi connectivity index (χ3v) is 4.55. The number of methoxy groups -OCH3 is 1. The van der Waals surface area contributed by atoms with E-state index < -0.39 is 30.2 Å².